The van der Waals surface area contributed by atoms with Gasteiger partial charge in [0.2, 0.25) is 5.13 Å². The van der Waals surface area contributed by atoms with Crippen molar-refractivity contribution >= 4 is 33.5 Å². The molecule has 4 aromatic rings. The van der Waals surface area contributed by atoms with E-state index in [1.807, 2.05) is 48.7 Å². The van der Waals surface area contributed by atoms with E-state index >= 15 is 0 Å². The topological polar surface area (TPSA) is 46.5 Å². The average Bonchev–Trinajstić information content (AvgIpc) is 3.13. The lowest BCUT2D eigenvalue weighted by Crippen LogP contribution is -2.00. The van der Waals surface area contributed by atoms with Crippen LogP contribution in [0.25, 0.3) is 10.8 Å². The molecule has 0 saturated heterocycles. The first-order valence-electron chi connectivity index (χ1n) is 8.69. The summed E-state index contributed by atoms with van der Waals surface area (Å²) in [6.07, 6.45) is 1.80. The number of rotatable bonds is 6. The molecule has 1 heterocycles. The quantitative estimate of drug-likeness (QED) is 0.352. The molecule has 0 aliphatic carbocycles. The number of benzene rings is 3. The number of aromatic nitrogens is 1. The molecule has 5 heteroatoms. The van der Waals surface area contributed by atoms with Crippen LogP contribution in [0.5, 0.6) is 5.75 Å². The zero-order chi connectivity index (χ0) is 18.5. The Hall–Kier alpha value is -3.18. The molecule has 0 amide bonds. The molecule has 0 fully saturated rings. The first kappa shape index (κ1) is 17.2. The fourth-order valence-corrected chi connectivity index (χ4v) is 3.46. The predicted molar refractivity (Wildman–Crippen MR) is 113 cm³/mol. The summed E-state index contributed by atoms with van der Waals surface area (Å²) in [5.74, 6) is 0.804. The second-order valence-electron chi connectivity index (χ2n) is 6.14. The van der Waals surface area contributed by atoms with Gasteiger partial charge in [0.15, 0.2) is 0 Å². The SMILES string of the molecule is Cc1csc(N/N=C\c2c(OCc3ccccc3)ccc3ccccc23)n1. The number of aryl methyl sites for hydroxylation is 1. The molecular weight excluding hydrogens is 354 g/mol. The van der Waals surface area contributed by atoms with Crippen LogP contribution in [0, 0.1) is 6.92 Å². The molecule has 0 unspecified atom stereocenters. The Labute approximate surface area is 162 Å². The van der Waals surface area contributed by atoms with Crippen molar-refractivity contribution in [3.05, 3.63) is 88.9 Å². The highest BCUT2D eigenvalue weighted by Gasteiger charge is 2.08. The van der Waals surface area contributed by atoms with Gasteiger partial charge < -0.3 is 4.74 Å². The van der Waals surface area contributed by atoms with Gasteiger partial charge in [0.25, 0.3) is 0 Å². The van der Waals surface area contributed by atoms with Crippen LogP contribution >= 0.6 is 11.3 Å². The van der Waals surface area contributed by atoms with E-state index in [9.17, 15) is 0 Å². The van der Waals surface area contributed by atoms with E-state index in [2.05, 4.69) is 45.8 Å². The largest absolute Gasteiger partial charge is 0.488 e. The van der Waals surface area contributed by atoms with Gasteiger partial charge in [-0.1, -0.05) is 60.7 Å². The van der Waals surface area contributed by atoms with Crippen molar-refractivity contribution in [1.82, 2.24) is 4.98 Å². The summed E-state index contributed by atoms with van der Waals surface area (Å²) in [5, 5.41) is 9.40. The molecule has 4 nitrogen and oxygen atoms in total. The maximum absolute atomic E-state index is 6.11. The number of hydrogen-bond donors (Lipinski definition) is 1. The number of fused-ring (bicyclic) bond motifs is 1. The Bertz CT molecular complexity index is 1070. The van der Waals surface area contributed by atoms with Crippen molar-refractivity contribution in [2.24, 2.45) is 5.10 Å². The third-order valence-electron chi connectivity index (χ3n) is 4.14. The molecule has 134 valence electrons. The van der Waals surface area contributed by atoms with Crippen LogP contribution in [0.15, 0.2) is 77.2 Å². The normalized spacial score (nSPS) is 11.1. The fraction of sp³-hybridized carbons (Fsp3) is 0.0909. The molecule has 0 atom stereocenters. The summed E-state index contributed by atoms with van der Waals surface area (Å²) in [7, 11) is 0. The summed E-state index contributed by atoms with van der Waals surface area (Å²) in [4.78, 5) is 4.37. The van der Waals surface area contributed by atoms with Gasteiger partial charge >= 0.3 is 0 Å². The van der Waals surface area contributed by atoms with Crippen LogP contribution in [0.2, 0.25) is 0 Å². The van der Waals surface area contributed by atoms with Gasteiger partial charge in [-0.25, -0.2) is 4.98 Å². The van der Waals surface area contributed by atoms with Gasteiger partial charge in [0.05, 0.1) is 11.9 Å². The molecule has 0 radical (unpaired) electrons. The second-order valence-corrected chi connectivity index (χ2v) is 6.99. The van der Waals surface area contributed by atoms with E-state index < -0.39 is 0 Å². The van der Waals surface area contributed by atoms with Crippen molar-refractivity contribution in [2.75, 3.05) is 5.43 Å². The van der Waals surface area contributed by atoms with Crippen molar-refractivity contribution in [2.45, 2.75) is 13.5 Å². The minimum Gasteiger partial charge on any atom is -0.488 e. The molecule has 0 saturated carbocycles. The lowest BCUT2D eigenvalue weighted by atomic mass is 10.0. The third-order valence-corrected chi connectivity index (χ3v) is 5.01. The van der Waals surface area contributed by atoms with E-state index in [4.69, 9.17) is 4.74 Å². The van der Waals surface area contributed by atoms with Crippen LogP contribution in [0.1, 0.15) is 16.8 Å². The standard InChI is InChI=1S/C22H19N3OS/c1-16-15-27-22(24-16)25-23-13-20-19-10-6-5-9-18(19)11-12-21(20)26-14-17-7-3-2-4-8-17/h2-13,15H,14H2,1H3,(H,24,25)/b23-13-. The number of anilines is 1. The molecule has 0 aliphatic heterocycles. The first-order valence-corrected chi connectivity index (χ1v) is 9.57. The number of hydrogen-bond acceptors (Lipinski definition) is 5. The Morgan fingerprint density at radius 3 is 2.67 bits per heavy atom. The molecule has 27 heavy (non-hydrogen) atoms. The van der Waals surface area contributed by atoms with Crippen LogP contribution in [0.3, 0.4) is 0 Å². The van der Waals surface area contributed by atoms with Crippen LogP contribution in [-0.2, 0) is 6.61 Å². The lowest BCUT2D eigenvalue weighted by Gasteiger charge is -2.12. The molecule has 1 N–H and O–H groups in total. The van der Waals surface area contributed by atoms with E-state index in [1.165, 1.54) is 11.3 Å². The highest BCUT2D eigenvalue weighted by atomic mass is 32.1. The van der Waals surface area contributed by atoms with Crippen molar-refractivity contribution in [1.29, 1.82) is 0 Å². The van der Waals surface area contributed by atoms with Gasteiger partial charge in [0.1, 0.15) is 12.4 Å². The van der Waals surface area contributed by atoms with E-state index in [1.54, 1.807) is 6.21 Å². The van der Waals surface area contributed by atoms with Crippen LogP contribution < -0.4 is 10.2 Å². The van der Waals surface area contributed by atoms with Crippen LogP contribution in [-0.4, -0.2) is 11.2 Å². The predicted octanol–water partition coefficient (Wildman–Crippen LogP) is 5.63. The van der Waals surface area contributed by atoms with Crippen molar-refractivity contribution in [3.8, 4) is 5.75 Å². The van der Waals surface area contributed by atoms with E-state index in [0.29, 0.717) is 6.61 Å². The summed E-state index contributed by atoms with van der Waals surface area (Å²) in [6.45, 7) is 2.48. The zero-order valence-electron chi connectivity index (χ0n) is 14.9. The number of nitrogens with zero attached hydrogens (tertiary/aromatic N) is 2. The Morgan fingerprint density at radius 1 is 1.04 bits per heavy atom. The Kier molecular flexibility index (Phi) is 5.12. The average molecular weight is 373 g/mol. The number of thiazole rings is 1. The molecular formula is C22H19N3OS. The number of hydrazone groups is 1. The smallest absolute Gasteiger partial charge is 0.203 e. The maximum Gasteiger partial charge on any atom is 0.203 e. The molecule has 0 bridgehead atoms. The molecule has 0 spiro atoms. The molecule has 1 aromatic heterocycles. The summed E-state index contributed by atoms with van der Waals surface area (Å²) in [6, 6.07) is 22.5. The van der Waals surface area contributed by atoms with Gasteiger partial charge in [-0.05, 0) is 29.3 Å². The van der Waals surface area contributed by atoms with Crippen molar-refractivity contribution in [3.63, 3.8) is 0 Å². The summed E-state index contributed by atoms with van der Waals surface area (Å²) >= 11 is 1.53. The van der Waals surface area contributed by atoms with E-state index in [0.717, 1.165) is 38.5 Å². The summed E-state index contributed by atoms with van der Waals surface area (Å²) in [5.41, 5.74) is 6.06. The fourth-order valence-electron chi connectivity index (χ4n) is 2.83. The lowest BCUT2D eigenvalue weighted by molar-refractivity contribution is 0.306. The van der Waals surface area contributed by atoms with E-state index in [-0.39, 0.29) is 0 Å². The number of nitrogens with one attached hydrogen (secondary N) is 1. The van der Waals surface area contributed by atoms with Crippen molar-refractivity contribution < 1.29 is 4.74 Å². The summed E-state index contributed by atoms with van der Waals surface area (Å²) < 4.78 is 6.11. The van der Waals surface area contributed by atoms with Gasteiger partial charge in [-0.2, -0.15) is 5.10 Å². The Morgan fingerprint density at radius 2 is 1.85 bits per heavy atom. The molecule has 4 rings (SSSR count). The molecule has 3 aromatic carbocycles. The zero-order valence-corrected chi connectivity index (χ0v) is 15.7. The van der Waals surface area contributed by atoms with Gasteiger partial charge in [0, 0.05) is 10.9 Å². The Balaban J connectivity index is 1.62. The third kappa shape index (κ3) is 4.15. The minimum absolute atomic E-state index is 0.513. The van der Waals surface area contributed by atoms with Gasteiger partial charge in [-0.15, -0.1) is 11.3 Å². The first-order chi connectivity index (χ1) is 13.3. The molecule has 0 aliphatic rings. The van der Waals surface area contributed by atoms with Crippen LogP contribution in [0.4, 0.5) is 5.13 Å². The van der Waals surface area contributed by atoms with Gasteiger partial charge in [-0.3, -0.25) is 5.43 Å². The maximum atomic E-state index is 6.11. The highest BCUT2D eigenvalue weighted by molar-refractivity contribution is 7.13. The number of ether oxygens (including phenoxy) is 1. The second kappa shape index (κ2) is 8.01. The minimum atomic E-state index is 0.513. The monoisotopic (exact) mass is 373 g/mol. The highest BCUT2D eigenvalue weighted by Crippen LogP contribution is 2.27.